The third kappa shape index (κ3) is 4.41. The second-order valence-electron chi connectivity index (χ2n) is 5.07. The number of urea groups is 1. The number of rotatable bonds is 2. The van der Waals surface area contributed by atoms with E-state index in [-0.39, 0.29) is 12.1 Å². The predicted octanol–water partition coefficient (Wildman–Crippen LogP) is 2.65. The van der Waals surface area contributed by atoms with Crippen molar-refractivity contribution in [3.63, 3.8) is 0 Å². The molecule has 0 atom stereocenters. The minimum Gasteiger partial charge on any atom is -0.495 e. The topological polar surface area (TPSA) is 71.1 Å². The minimum absolute atomic E-state index is 0.253. The number of hydrogen-bond donors (Lipinski definition) is 1. The number of hydrogen-bond acceptors (Lipinski definition) is 4. The Morgan fingerprint density at radius 2 is 1.83 bits per heavy atom. The molecule has 0 spiro atoms. The van der Waals surface area contributed by atoms with Crippen LogP contribution in [0.2, 0.25) is 5.02 Å². The van der Waals surface area contributed by atoms with Crippen molar-refractivity contribution in [3.05, 3.63) is 23.2 Å². The number of ether oxygens (including phenoxy) is 2. The zero-order chi connectivity index (χ0) is 16.8. The normalized spacial score (nSPS) is 14.9. The molecule has 0 unspecified atom stereocenters. The predicted molar refractivity (Wildman–Crippen MR) is 87.2 cm³/mol. The molecule has 0 bridgehead atoms. The summed E-state index contributed by atoms with van der Waals surface area (Å²) in [6, 6.07) is 4.77. The van der Waals surface area contributed by atoms with E-state index >= 15 is 0 Å². The largest absolute Gasteiger partial charge is 0.495 e. The maximum absolute atomic E-state index is 12.4. The number of carbonyl (C=O) groups is 2. The highest BCUT2D eigenvalue weighted by Gasteiger charge is 2.23. The lowest BCUT2D eigenvalue weighted by Crippen LogP contribution is -2.39. The Kier molecular flexibility index (Phi) is 5.92. The molecule has 0 aliphatic carbocycles. The van der Waals surface area contributed by atoms with Crippen LogP contribution in [0.4, 0.5) is 15.3 Å². The molecule has 1 aromatic rings. The molecule has 3 amide bonds. The van der Waals surface area contributed by atoms with E-state index in [2.05, 4.69) is 5.32 Å². The summed E-state index contributed by atoms with van der Waals surface area (Å²) < 4.78 is 9.93. The summed E-state index contributed by atoms with van der Waals surface area (Å²) in [5.41, 5.74) is 0.513. The Bertz CT molecular complexity index is 582. The number of amides is 3. The fraction of sp³-hybridized carbons (Fsp3) is 0.467. The molecule has 7 nitrogen and oxygen atoms in total. The zero-order valence-electron chi connectivity index (χ0n) is 13.2. The van der Waals surface area contributed by atoms with Crippen molar-refractivity contribution in [2.75, 3.05) is 45.7 Å². The molecule has 1 aliphatic heterocycles. The summed E-state index contributed by atoms with van der Waals surface area (Å²) in [4.78, 5) is 27.2. The number of nitrogens with one attached hydrogen (secondary N) is 1. The second kappa shape index (κ2) is 7.92. The lowest BCUT2D eigenvalue weighted by atomic mass is 10.3. The monoisotopic (exact) mass is 341 g/mol. The minimum atomic E-state index is -0.372. The fourth-order valence-electron chi connectivity index (χ4n) is 2.40. The lowest BCUT2D eigenvalue weighted by molar-refractivity contribution is 0.125. The molecule has 0 radical (unpaired) electrons. The van der Waals surface area contributed by atoms with Crippen LogP contribution in [0, 0.1) is 0 Å². The second-order valence-corrected chi connectivity index (χ2v) is 5.51. The Morgan fingerprint density at radius 1 is 1.13 bits per heavy atom. The number of nitrogens with zero attached hydrogens (tertiary/aromatic N) is 2. The summed E-state index contributed by atoms with van der Waals surface area (Å²) in [7, 11) is 2.88. The summed E-state index contributed by atoms with van der Waals surface area (Å²) in [5, 5.41) is 3.31. The Labute approximate surface area is 140 Å². The number of halogens is 1. The van der Waals surface area contributed by atoms with Gasteiger partial charge in [0.15, 0.2) is 0 Å². The highest BCUT2D eigenvalue weighted by Crippen LogP contribution is 2.28. The van der Waals surface area contributed by atoms with E-state index in [1.165, 1.54) is 14.2 Å². The number of benzene rings is 1. The molecule has 1 fully saturated rings. The summed E-state index contributed by atoms with van der Waals surface area (Å²) in [6.45, 7) is 2.00. The first-order chi connectivity index (χ1) is 11.0. The first kappa shape index (κ1) is 17.2. The molecule has 1 heterocycles. The van der Waals surface area contributed by atoms with Crippen molar-refractivity contribution < 1.29 is 19.1 Å². The molecule has 23 heavy (non-hydrogen) atoms. The molecular formula is C15H20ClN3O4. The zero-order valence-corrected chi connectivity index (χ0v) is 13.9. The number of methoxy groups -OCH3 is 2. The van der Waals surface area contributed by atoms with E-state index in [4.69, 9.17) is 21.1 Å². The van der Waals surface area contributed by atoms with Gasteiger partial charge in [0.25, 0.3) is 0 Å². The molecule has 0 saturated carbocycles. The van der Waals surface area contributed by atoms with Crippen molar-refractivity contribution in [2.24, 2.45) is 0 Å². The number of anilines is 1. The van der Waals surface area contributed by atoms with E-state index in [1.807, 2.05) is 0 Å². The van der Waals surface area contributed by atoms with Crippen LogP contribution in [-0.2, 0) is 4.74 Å². The standard InChI is InChI=1S/C15H20ClN3O4/c1-22-13-5-4-11(16)10-12(13)17-14(20)18-6-3-7-19(9-8-18)15(21)23-2/h4-5,10H,3,6-9H2,1-2H3,(H,17,20). The van der Waals surface area contributed by atoms with Gasteiger partial charge in [0.1, 0.15) is 5.75 Å². The Balaban J connectivity index is 2.01. The molecule has 2 rings (SSSR count). The molecule has 1 aromatic carbocycles. The van der Waals surface area contributed by atoms with E-state index in [0.717, 1.165) is 0 Å². The molecule has 0 aromatic heterocycles. The van der Waals surface area contributed by atoms with Gasteiger partial charge >= 0.3 is 12.1 Å². The summed E-state index contributed by atoms with van der Waals surface area (Å²) in [6.07, 6.45) is 0.318. The van der Waals surface area contributed by atoms with Crippen molar-refractivity contribution >= 4 is 29.4 Å². The molecule has 1 aliphatic rings. The molecule has 8 heteroatoms. The van der Waals surface area contributed by atoms with Crippen LogP contribution in [0.5, 0.6) is 5.75 Å². The highest BCUT2D eigenvalue weighted by atomic mass is 35.5. The van der Waals surface area contributed by atoms with Gasteiger partial charge in [-0.15, -0.1) is 0 Å². The van der Waals surface area contributed by atoms with Crippen molar-refractivity contribution in [3.8, 4) is 5.75 Å². The van der Waals surface area contributed by atoms with Crippen LogP contribution in [0.3, 0.4) is 0 Å². The first-order valence-corrected chi connectivity index (χ1v) is 7.65. The van der Waals surface area contributed by atoms with Crippen LogP contribution in [0.1, 0.15) is 6.42 Å². The van der Waals surface area contributed by atoms with E-state index in [9.17, 15) is 9.59 Å². The van der Waals surface area contributed by atoms with Crippen LogP contribution in [-0.4, -0.2) is 62.3 Å². The van der Waals surface area contributed by atoms with Crippen LogP contribution < -0.4 is 10.1 Å². The van der Waals surface area contributed by atoms with Crippen molar-refractivity contribution in [1.82, 2.24) is 9.80 Å². The Morgan fingerprint density at radius 3 is 2.52 bits per heavy atom. The highest BCUT2D eigenvalue weighted by molar-refractivity contribution is 6.31. The van der Waals surface area contributed by atoms with Gasteiger partial charge in [0, 0.05) is 31.2 Å². The SMILES string of the molecule is COC(=O)N1CCCN(C(=O)Nc2cc(Cl)ccc2OC)CC1. The maximum atomic E-state index is 12.4. The van der Waals surface area contributed by atoms with Gasteiger partial charge in [-0.3, -0.25) is 0 Å². The van der Waals surface area contributed by atoms with E-state index in [0.29, 0.717) is 49.1 Å². The van der Waals surface area contributed by atoms with Gasteiger partial charge in [0.05, 0.1) is 19.9 Å². The molecular weight excluding hydrogens is 322 g/mol. The maximum Gasteiger partial charge on any atom is 0.409 e. The lowest BCUT2D eigenvalue weighted by Gasteiger charge is -2.22. The molecule has 1 saturated heterocycles. The number of carbonyl (C=O) groups excluding carboxylic acids is 2. The van der Waals surface area contributed by atoms with Gasteiger partial charge in [-0.2, -0.15) is 0 Å². The van der Waals surface area contributed by atoms with Gasteiger partial charge in [-0.05, 0) is 24.6 Å². The van der Waals surface area contributed by atoms with Crippen LogP contribution in [0.25, 0.3) is 0 Å². The smallest absolute Gasteiger partial charge is 0.409 e. The Hall–Kier alpha value is -2.15. The van der Waals surface area contributed by atoms with E-state index in [1.54, 1.807) is 28.0 Å². The summed E-state index contributed by atoms with van der Waals surface area (Å²) >= 11 is 5.96. The van der Waals surface area contributed by atoms with Gasteiger partial charge in [-0.25, -0.2) is 9.59 Å². The van der Waals surface area contributed by atoms with Gasteiger partial charge < -0.3 is 24.6 Å². The van der Waals surface area contributed by atoms with E-state index < -0.39 is 0 Å². The van der Waals surface area contributed by atoms with Gasteiger partial charge in [-0.1, -0.05) is 11.6 Å². The fourth-order valence-corrected chi connectivity index (χ4v) is 2.58. The third-order valence-corrected chi connectivity index (χ3v) is 3.85. The van der Waals surface area contributed by atoms with Crippen LogP contribution >= 0.6 is 11.6 Å². The quantitative estimate of drug-likeness (QED) is 0.897. The van der Waals surface area contributed by atoms with Gasteiger partial charge in [0.2, 0.25) is 0 Å². The molecule has 1 N–H and O–H groups in total. The third-order valence-electron chi connectivity index (χ3n) is 3.62. The van der Waals surface area contributed by atoms with Crippen molar-refractivity contribution in [1.29, 1.82) is 0 Å². The first-order valence-electron chi connectivity index (χ1n) is 7.27. The average molecular weight is 342 g/mol. The average Bonchev–Trinajstić information content (AvgIpc) is 2.80. The van der Waals surface area contributed by atoms with Crippen molar-refractivity contribution in [2.45, 2.75) is 6.42 Å². The van der Waals surface area contributed by atoms with Crippen LogP contribution in [0.15, 0.2) is 18.2 Å². The molecule has 126 valence electrons. The summed E-state index contributed by atoms with van der Waals surface area (Å²) in [5.74, 6) is 0.536.